The average Bonchev–Trinajstić information content (AvgIpc) is 3.17. The van der Waals surface area contributed by atoms with Crippen molar-refractivity contribution in [1.29, 1.82) is 0 Å². The molecule has 1 saturated heterocycles. The fourth-order valence-electron chi connectivity index (χ4n) is 2.71. The molecule has 3 rings (SSSR count). The summed E-state index contributed by atoms with van der Waals surface area (Å²) in [7, 11) is 2.22. The van der Waals surface area contributed by atoms with E-state index in [1.807, 2.05) is 6.20 Å². The van der Waals surface area contributed by atoms with Crippen LogP contribution in [0.5, 0.6) is 0 Å². The standard InChI is InChI=1S/C16H22N2/c1-18-8-5-14(6-9-18)11-16-12-15(4-7-17-16)10-13-2-3-13/h4,7,10,12,14H,2-3,5-6,8-9,11H2,1H3. The molecule has 0 amide bonds. The molecule has 2 fully saturated rings. The summed E-state index contributed by atoms with van der Waals surface area (Å²) in [4.78, 5) is 6.97. The lowest BCUT2D eigenvalue weighted by atomic mass is 9.92. The van der Waals surface area contributed by atoms with E-state index in [1.165, 1.54) is 50.0 Å². The minimum atomic E-state index is 0.831. The van der Waals surface area contributed by atoms with Gasteiger partial charge in [0, 0.05) is 11.9 Å². The summed E-state index contributed by atoms with van der Waals surface area (Å²) in [5.41, 5.74) is 4.21. The van der Waals surface area contributed by atoms with E-state index in [0.29, 0.717) is 0 Å². The minimum Gasteiger partial charge on any atom is -0.306 e. The molecular formula is C16H22N2. The van der Waals surface area contributed by atoms with Gasteiger partial charge in [-0.1, -0.05) is 11.6 Å². The maximum atomic E-state index is 4.54. The van der Waals surface area contributed by atoms with Crippen LogP contribution in [0.3, 0.4) is 0 Å². The van der Waals surface area contributed by atoms with Crippen molar-refractivity contribution in [3.63, 3.8) is 0 Å². The molecule has 1 aromatic rings. The van der Waals surface area contributed by atoms with Gasteiger partial charge in [-0.2, -0.15) is 0 Å². The smallest absolute Gasteiger partial charge is 0.0412 e. The molecule has 96 valence electrons. The molecule has 0 bridgehead atoms. The van der Waals surface area contributed by atoms with Gasteiger partial charge in [-0.25, -0.2) is 0 Å². The van der Waals surface area contributed by atoms with E-state index in [0.717, 1.165) is 12.3 Å². The van der Waals surface area contributed by atoms with E-state index in [1.54, 1.807) is 5.57 Å². The summed E-state index contributed by atoms with van der Waals surface area (Å²) < 4.78 is 0. The van der Waals surface area contributed by atoms with Gasteiger partial charge in [0.25, 0.3) is 0 Å². The fraction of sp³-hybridized carbons (Fsp3) is 0.562. The maximum absolute atomic E-state index is 4.54. The molecule has 2 aliphatic rings. The fourth-order valence-corrected chi connectivity index (χ4v) is 2.71. The summed E-state index contributed by atoms with van der Waals surface area (Å²) in [6, 6.07) is 4.41. The SMILES string of the molecule is CN1CCC(Cc2cc(C=C3CC3)ccn2)CC1. The van der Waals surface area contributed by atoms with Gasteiger partial charge in [-0.05, 0) is 75.9 Å². The van der Waals surface area contributed by atoms with E-state index in [2.05, 4.69) is 35.1 Å². The first-order chi connectivity index (χ1) is 8.79. The number of hydrogen-bond acceptors (Lipinski definition) is 2. The van der Waals surface area contributed by atoms with Crippen molar-refractivity contribution in [1.82, 2.24) is 9.88 Å². The number of piperidine rings is 1. The molecular weight excluding hydrogens is 220 g/mol. The Morgan fingerprint density at radius 2 is 2.11 bits per heavy atom. The predicted octanol–water partition coefficient (Wildman–Crippen LogP) is 3.14. The lowest BCUT2D eigenvalue weighted by molar-refractivity contribution is 0.218. The predicted molar refractivity (Wildman–Crippen MR) is 75.4 cm³/mol. The lowest BCUT2D eigenvalue weighted by Gasteiger charge is -2.28. The van der Waals surface area contributed by atoms with E-state index >= 15 is 0 Å². The zero-order chi connectivity index (χ0) is 12.4. The molecule has 1 aromatic heterocycles. The van der Waals surface area contributed by atoms with Crippen molar-refractivity contribution < 1.29 is 0 Å². The highest BCUT2D eigenvalue weighted by Gasteiger charge is 2.17. The molecule has 0 atom stereocenters. The van der Waals surface area contributed by atoms with Crippen molar-refractivity contribution >= 4 is 6.08 Å². The van der Waals surface area contributed by atoms with Crippen LogP contribution in [-0.2, 0) is 6.42 Å². The Kier molecular flexibility index (Phi) is 3.46. The molecule has 2 heterocycles. The third-order valence-corrected chi connectivity index (χ3v) is 4.09. The second kappa shape index (κ2) is 5.23. The summed E-state index contributed by atoms with van der Waals surface area (Å²) in [5, 5.41) is 0. The Morgan fingerprint density at radius 1 is 1.33 bits per heavy atom. The van der Waals surface area contributed by atoms with E-state index < -0.39 is 0 Å². The number of aromatic nitrogens is 1. The number of allylic oxidation sites excluding steroid dienone is 1. The normalized spacial score (nSPS) is 21.1. The molecule has 0 spiro atoms. The number of nitrogens with zero attached hydrogens (tertiary/aromatic N) is 2. The molecule has 1 aliphatic carbocycles. The van der Waals surface area contributed by atoms with Crippen LogP contribution in [0.25, 0.3) is 6.08 Å². The van der Waals surface area contributed by atoms with Gasteiger partial charge >= 0.3 is 0 Å². The van der Waals surface area contributed by atoms with Crippen molar-refractivity contribution in [2.24, 2.45) is 5.92 Å². The average molecular weight is 242 g/mol. The zero-order valence-corrected chi connectivity index (χ0v) is 11.2. The van der Waals surface area contributed by atoms with Gasteiger partial charge in [0.15, 0.2) is 0 Å². The number of pyridine rings is 1. The van der Waals surface area contributed by atoms with Gasteiger partial charge < -0.3 is 4.90 Å². The van der Waals surface area contributed by atoms with Gasteiger partial charge in [-0.3, -0.25) is 4.98 Å². The maximum Gasteiger partial charge on any atom is 0.0412 e. The Hall–Kier alpha value is -1.15. The zero-order valence-electron chi connectivity index (χ0n) is 11.2. The molecule has 2 nitrogen and oxygen atoms in total. The van der Waals surface area contributed by atoms with Crippen LogP contribution in [0.15, 0.2) is 23.9 Å². The van der Waals surface area contributed by atoms with Gasteiger partial charge in [0.1, 0.15) is 0 Å². The van der Waals surface area contributed by atoms with Gasteiger partial charge in [-0.15, -0.1) is 0 Å². The van der Waals surface area contributed by atoms with Gasteiger partial charge in [0.2, 0.25) is 0 Å². The van der Waals surface area contributed by atoms with Crippen LogP contribution in [0.4, 0.5) is 0 Å². The third kappa shape index (κ3) is 3.20. The monoisotopic (exact) mass is 242 g/mol. The molecule has 2 heteroatoms. The highest BCUT2D eigenvalue weighted by Crippen LogP contribution is 2.30. The largest absolute Gasteiger partial charge is 0.306 e. The van der Waals surface area contributed by atoms with Crippen molar-refractivity contribution in [3.8, 4) is 0 Å². The summed E-state index contributed by atoms with van der Waals surface area (Å²) >= 11 is 0. The summed E-state index contributed by atoms with van der Waals surface area (Å²) in [5.74, 6) is 0.831. The third-order valence-electron chi connectivity index (χ3n) is 4.09. The molecule has 0 unspecified atom stereocenters. The lowest BCUT2D eigenvalue weighted by Crippen LogP contribution is -2.31. The van der Waals surface area contributed by atoms with Crippen molar-refractivity contribution in [3.05, 3.63) is 35.2 Å². The second-order valence-electron chi connectivity index (χ2n) is 5.83. The van der Waals surface area contributed by atoms with Gasteiger partial charge in [0.05, 0.1) is 0 Å². The summed E-state index contributed by atoms with van der Waals surface area (Å²) in [6.45, 7) is 2.49. The van der Waals surface area contributed by atoms with Crippen molar-refractivity contribution in [2.75, 3.05) is 20.1 Å². The first kappa shape index (κ1) is 11.9. The highest BCUT2D eigenvalue weighted by atomic mass is 15.1. The quantitative estimate of drug-likeness (QED) is 0.809. The van der Waals surface area contributed by atoms with Crippen LogP contribution >= 0.6 is 0 Å². The van der Waals surface area contributed by atoms with Crippen LogP contribution in [-0.4, -0.2) is 30.0 Å². The molecule has 0 N–H and O–H groups in total. The molecule has 1 saturated carbocycles. The highest BCUT2D eigenvalue weighted by molar-refractivity contribution is 5.56. The number of rotatable bonds is 3. The van der Waals surface area contributed by atoms with Crippen LogP contribution in [0, 0.1) is 5.92 Å². The van der Waals surface area contributed by atoms with E-state index in [9.17, 15) is 0 Å². The van der Waals surface area contributed by atoms with Crippen LogP contribution in [0.1, 0.15) is 36.9 Å². The molecule has 0 radical (unpaired) electrons. The van der Waals surface area contributed by atoms with Crippen LogP contribution < -0.4 is 0 Å². The Labute approximate surface area is 110 Å². The first-order valence-corrected chi connectivity index (χ1v) is 7.12. The number of likely N-dealkylation sites (tertiary alicyclic amines) is 1. The Balaban J connectivity index is 1.63. The Morgan fingerprint density at radius 3 is 2.83 bits per heavy atom. The molecule has 1 aliphatic heterocycles. The second-order valence-corrected chi connectivity index (χ2v) is 5.83. The Bertz CT molecular complexity index is 436. The number of hydrogen-bond donors (Lipinski definition) is 0. The van der Waals surface area contributed by atoms with Crippen LogP contribution in [0.2, 0.25) is 0 Å². The molecule has 18 heavy (non-hydrogen) atoms. The topological polar surface area (TPSA) is 16.1 Å². The van der Waals surface area contributed by atoms with Crippen molar-refractivity contribution in [2.45, 2.75) is 32.1 Å². The molecule has 0 aromatic carbocycles. The first-order valence-electron chi connectivity index (χ1n) is 7.12. The van der Waals surface area contributed by atoms with E-state index in [4.69, 9.17) is 0 Å². The summed E-state index contributed by atoms with van der Waals surface area (Å²) in [6.07, 6.45) is 10.7. The minimum absolute atomic E-state index is 0.831. The van der Waals surface area contributed by atoms with E-state index in [-0.39, 0.29) is 0 Å².